The van der Waals surface area contributed by atoms with Crippen LogP contribution in [0.1, 0.15) is 26.2 Å². The maximum atomic E-state index is 11.1. The first-order valence-corrected chi connectivity index (χ1v) is 5.90. The highest BCUT2D eigenvalue weighted by molar-refractivity contribution is 7.94. The van der Waals surface area contributed by atoms with Gasteiger partial charge in [-0.15, -0.1) is 0 Å². The lowest BCUT2D eigenvalue weighted by atomic mass is 10.3. The van der Waals surface area contributed by atoms with Crippen LogP contribution < -0.4 is 5.73 Å². The van der Waals surface area contributed by atoms with Gasteiger partial charge in [-0.1, -0.05) is 19.8 Å². The molecule has 0 heterocycles. The predicted octanol–water partition coefficient (Wildman–Crippen LogP) is 0.590. The molecule has 2 N–H and O–H groups in total. The zero-order valence-electron chi connectivity index (χ0n) is 7.69. The van der Waals surface area contributed by atoms with Gasteiger partial charge in [0.2, 0.25) is 5.91 Å². The van der Waals surface area contributed by atoms with E-state index in [0.717, 1.165) is 24.3 Å². The minimum atomic E-state index is -3.23. The lowest BCUT2D eigenvalue weighted by Crippen LogP contribution is -2.08. The summed E-state index contributed by atoms with van der Waals surface area (Å²) in [6.45, 7) is 1.99. The van der Waals surface area contributed by atoms with E-state index in [0.29, 0.717) is 6.42 Å². The number of amides is 1. The number of rotatable bonds is 6. The maximum absolute atomic E-state index is 11.1. The minimum Gasteiger partial charge on any atom is -0.366 e. The van der Waals surface area contributed by atoms with E-state index in [1.165, 1.54) is 0 Å². The monoisotopic (exact) mass is 205 g/mol. The van der Waals surface area contributed by atoms with Crippen molar-refractivity contribution in [2.75, 3.05) is 5.75 Å². The van der Waals surface area contributed by atoms with Crippen LogP contribution in [0.25, 0.3) is 0 Å². The van der Waals surface area contributed by atoms with Crippen molar-refractivity contribution >= 4 is 15.7 Å². The molecule has 0 aliphatic heterocycles. The van der Waals surface area contributed by atoms with E-state index in [1.54, 1.807) is 0 Å². The van der Waals surface area contributed by atoms with Crippen molar-refractivity contribution in [2.24, 2.45) is 5.73 Å². The zero-order valence-corrected chi connectivity index (χ0v) is 8.51. The second kappa shape index (κ2) is 5.75. The number of sulfone groups is 1. The van der Waals surface area contributed by atoms with Crippen LogP contribution in [-0.4, -0.2) is 20.1 Å². The van der Waals surface area contributed by atoms with Crippen molar-refractivity contribution in [1.82, 2.24) is 0 Å². The van der Waals surface area contributed by atoms with Gasteiger partial charge in [0.15, 0.2) is 9.84 Å². The van der Waals surface area contributed by atoms with Gasteiger partial charge in [-0.25, -0.2) is 8.42 Å². The number of carbonyl (C=O) groups excluding carboxylic acids is 1. The Kier molecular flexibility index (Phi) is 5.37. The second-order valence-electron chi connectivity index (χ2n) is 2.78. The van der Waals surface area contributed by atoms with E-state index >= 15 is 0 Å². The first-order chi connectivity index (χ1) is 5.98. The molecule has 0 fully saturated rings. The molecule has 0 bridgehead atoms. The first kappa shape index (κ1) is 12.2. The van der Waals surface area contributed by atoms with Crippen LogP contribution in [0.5, 0.6) is 0 Å². The average molecular weight is 205 g/mol. The number of carbonyl (C=O) groups is 1. The molecule has 0 atom stereocenters. The van der Waals surface area contributed by atoms with Gasteiger partial charge in [-0.05, 0) is 6.42 Å². The quantitative estimate of drug-likeness (QED) is 0.509. The van der Waals surface area contributed by atoms with Crippen LogP contribution in [0.4, 0.5) is 0 Å². The fourth-order valence-electron chi connectivity index (χ4n) is 0.792. The molecule has 0 radical (unpaired) electrons. The normalized spacial score (nSPS) is 12.1. The summed E-state index contributed by atoms with van der Waals surface area (Å²) in [5, 5.41) is 0.880. The highest BCUT2D eigenvalue weighted by atomic mass is 32.2. The third-order valence-electron chi connectivity index (χ3n) is 1.47. The van der Waals surface area contributed by atoms with Gasteiger partial charge in [0, 0.05) is 11.5 Å². The van der Waals surface area contributed by atoms with Crippen molar-refractivity contribution in [3.05, 3.63) is 11.5 Å². The molecule has 1 amide bonds. The Balaban J connectivity index is 4.02. The van der Waals surface area contributed by atoms with E-state index in [-0.39, 0.29) is 5.75 Å². The molecule has 0 aromatic heterocycles. The van der Waals surface area contributed by atoms with E-state index in [9.17, 15) is 13.2 Å². The smallest absolute Gasteiger partial charge is 0.242 e. The van der Waals surface area contributed by atoms with Gasteiger partial charge < -0.3 is 5.73 Å². The molecule has 0 spiro atoms. The summed E-state index contributed by atoms with van der Waals surface area (Å²) in [5.74, 6) is -0.649. The van der Waals surface area contributed by atoms with Gasteiger partial charge in [0.1, 0.15) is 0 Å². The molecular formula is C8H15NO3S. The molecule has 0 aromatic rings. The number of unbranched alkanes of at least 4 members (excludes halogenated alkanes) is 2. The molecule has 4 nitrogen and oxygen atoms in total. The van der Waals surface area contributed by atoms with Gasteiger partial charge in [-0.3, -0.25) is 4.79 Å². The SMILES string of the molecule is CCCCCS(=O)(=O)C=CC(N)=O. The van der Waals surface area contributed by atoms with E-state index in [4.69, 9.17) is 5.73 Å². The molecule has 0 saturated carbocycles. The molecule has 0 aromatic carbocycles. The van der Waals surface area contributed by atoms with Crippen molar-refractivity contribution in [2.45, 2.75) is 26.2 Å². The van der Waals surface area contributed by atoms with Crippen LogP contribution in [0.15, 0.2) is 11.5 Å². The Labute approximate surface area is 78.7 Å². The summed E-state index contributed by atoms with van der Waals surface area (Å²) in [4.78, 5) is 10.2. The maximum Gasteiger partial charge on any atom is 0.242 e. The number of hydrogen-bond acceptors (Lipinski definition) is 3. The number of hydrogen-bond donors (Lipinski definition) is 1. The third kappa shape index (κ3) is 7.52. The third-order valence-corrected chi connectivity index (χ3v) is 2.88. The van der Waals surface area contributed by atoms with Crippen LogP contribution >= 0.6 is 0 Å². The summed E-state index contributed by atoms with van der Waals surface area (Å²) >= 11 is 0. The molecule has 0 aliphatic rings. The fraction of sp³-hybridized carbons (Fsp3) is 0.625. The van der Waals surface area contributed by atoms with Crippen molar-refractivity contribution in [3.63, 3.8) is 0 Å². The lowest BCUT2D eigenvalue weighted by molar-refractivity contribution is -0.113. The summed E-state index contributed by atoms with van der Waals surface area (Å²) in [6.07, 6.45) is 3.35. The zero-order chi connectivity index (χ0) is 10.3. The van der Waals surface area contributed by atoms with E-state index < -0.39 is 15.7 Å². The Hall–Kier alpha value is -0.840. The molecule has 5 heteroatoms. The molecule has 0 aliphatic carbocycles. The first-order valence-electron chi connectivity index (χ1n) is 4.18. The second-order valence-corrected chi connectivity index (χ2v) is 4.79. The van der Waals surface area contributed by atoms with Gasteiger partial charge in [0.25, 0.3) is 0 Å². The Morgan fingerprint density at radius 1 is 1.38 bits per heavy atom. The van der Waals surface area contributed by atoms with E-state index in [2.05, 4.69) is 0 Å². The largest absolute Gasteiger partial charge is 0.366 e. The summed E-state index contributed by atoms with van der Waals surface area (Å²) in [7, 11) is -3.23. The highest BCUT2D eigenvalue weighted by Crippen LogP contribution is 2.00. The fourth-order valence-corrected chi connectivity index (χ4v) is 1.88. The molecule has 13 heavy (non-hydrogen) atoms. The topological polar surface area (TPSA) is 77.2 Å². The summed E-state index contributed by atoms with van der Waals surface area (Å²) < 4.78 is 22.2. The van der Waals surface area contributed by atoms with Crippen LogP contribution in [0.2, 0.25) is 0 Å². The predicted molar refractivity (Wildman–Crippen MR) is 51.6 cm³/mol. The molecule has 76 valence electrons. The molecule has 0 saturated heterocycles. The Bertz CT molecular complexity index is 280. The van der Waals surface area contributed by atoms with Crippen molar-refractivity contribution in [1.29, 1.82) is 0 Å². The van der Waals surface area contributed by atoms with E-state index in [1.807, 2.05) is 6.92 Å². The van der Waals surface area contributed by atoms with Crippen LogP contribution in [0, 0.1) is 0 Å². The van der Waals surface area contributed by atoms with Crippen LogP contribution in [-0.2, 0) is 14.6 Å². The van der Waals surface area contributed by atoms with Gasteiger partial charge in [-0.2, -0.15) is 0 Å². The van der Waals surface area contributed by atoms with Crippen molar-refractivity contribution < 1.29 is 13.2 Å². The minimum absolute atomic E-state index is 0.0879. The standard InChI is InChI=1S/C8H15NO3S/c1-2-3-4-6-13(11,12)7-5-8(9)10/h5,7H,2-4,6H2,1H3,(H2,9,10). The van der Waals surface area contributed by atoms with Crippen LogP contribution in [0.3, 0.4) is 0 Å². The molecular weight excluding hydrogens is 190 g/mol. The van der Waals surface area contributed by atoms with Crippen molar-refractivity contribution in [3.8, 4) is 0 Å². The van der Waals surface area contributed by atoms with Gasteiger partial charge >= 0.3 is 0 Å². The number of nitrogens with two attached hydrogens (primary N) is 1. The summed E-state index contributed by atoms with van der Waals surface area (Å²) in [5.41, 5.74) is 4.76. The molecule has 0 rings (SSSR count). The van der Waals surface area contributed by atoms with Gasteiger partial charge in [0.05, 0.1) is 5.75 Å². The molecule has 0 unspecified atom stereocenters. The Morgan fingerprint density at radius 2 is 2.00 bits per heavy atom. The highest BCUT2D eigenvalue weighted by Gasteiger charge is 2.04. The summed E-state index contributed by atoms with van der Waals surface area (Å²) in [6, 6.07) is 0. The average Bonchev–Trinajstić information content (AvgIpc) is 2.02. The lowest BCUT2D eigenvalue weighted by Gasteiger charge is -1.96. The Morgan fingerprint density at radius 3 is 2.46 bits per heavy atom. The number of primary amides is 1.